The van der Waals surface area contributed by atoms with Crippen molar-refractivity contribution in [3.63, 3.8) is 0 Å². The van der Waals surface area contributed by atoms with Crippen LogP contribution in [0.3, 0.4) is 0 Å². The lowest BCUT2D eigenvalue weighted by atomic mass is 10.0. The Morgan fingerprint density at radius 2 is 1.93 bits per heavy atom. The first kappa shape index (κ1) is 20.0. The van der Waals surface area contributed by atoms with Gasteiger partial charge in [0.25, 0.3) is 0 Å². The largest absolute Gasteiger partial charge is 0.495 e. The molecule has 0 fully saturated rings. The Hall–Kier alpha value is -4.31. The first-order valence-corrected chi connectivity index (χ1v) is 8.01. The first-order chi connectivity index (χ1) is 13.5. The molecule has 0 atom stereocenters. The second-order valence-corrected chi connectivity index (χ2v) is 5.23. The maximum absolute atomic E-state index is 12.4. The summed E-state index contributed by atoms with van der Waals surface area (Å²) in [5.74, 6) is -0.609. The van der Waals surface area contributed by atoms with Crippen LogP contribution in [0.2, 0.25) is 0 Å². The Bertz CT molecular complexity index is 1020. The lowest BCUT2D eigenvalue weighted by Gasteiger charge is -2.12. The number of nitrogen functional groups attached to an aromatic ring is 2. The second kappa shape index (κ2) is 8.87. The zero-order valence-electron chi connectivity index (χ0n) is 15.2. The minimum atomic E-state index is -0.850. The summed E-state index contributed by atoms with van der Waals surface area (Å²) in [6.45, 7) is 1.68. The Morgan fingerprint density at radius 3 is 2.54 bits per heavy atom. The van der Waals surface area contributed by atoms with Crippen LogP contribution in [0.4, 0.5) is 17.2 Å². The van der Waals surface area contributed by atoms with Crippen molar-refractivity contribution < 1.29 is 14.3 Å². The smallest absolute Gasteiger partial charge is 0.361 e. The van der Waals surface area contributed by atoms with E-state index < -0.39 is 5.97 Å². The molecule has 28 heavy (non-hydrogen) atoms. The SMILES string of the molecule is CCOC(=O)/C(=N\Nc1ccccc1OC)c1nc(N)c(C#N)c(N)c1C#N. The minimum absolute atomic E-state index is 0.0651. The molecule has 0 bridgehead atoms. The topological polar surface area (TPSA) is 172 Å². The van der Waals surface area contributed by atoms with Crippen molar-refractivity contribution in [1.29, 1.82) is 10.5 Å². The molecule has 10 nitrogen and oxygen atoms in total. The Labute approximate surface area is 161 Å². The third kappa shape index (κ3) is 3.92. The number of hydrazone groups is 1. The van der Waals surface area contributed by atoms with Crippen LogP contribution in [-0.4, -0.2) is 30.4 Å². The van der Waals surface area contributed by atoms with Gasteiger partial charge in [-0.1, -0.05) is 12.1 Å². The highest BCUT2D eigenvalue weighted by Gasteiger charge is 2.26. The summed E-state index contributed by atoms with van der Waals surface area (Å²) in [4.78, 5) is 16.4. The normalized spacial score (nSPS) is 10.5. The predicted molar refractivity (Wildman–Crippen MR) is 102 cm³/mol. The number of aromatic nitrogens is 1. The van der Waals surface area contributed by atoms with E-state index in [2.05, 4.69) is 15.5 Å². The van der Waals surface area contributed by atoms with Crippen molar-refractivity contribution in [3.05, 3.63) is 41.1 Å². The van der Waals surface area contributed by atoms with Gasteiger partial charge in [-0.15, -0.1) is 0 Å². The summed E-state index contributed by atoms with van der Waals surface area (Å²) in [5, 5.41) is 22.7. The Kier molecular flexibility index (Phi) is 6.34. The van der Waals surface area contributed by atoms with Gasteiger partial charge in [0.2, 0.25) is 0 Å². The number of ether oxygens (including phenoxy) is 2. The maximum atomic E-state index is 12.4. The Balaban J connectivity index is 2.64. The molecule has 0 aliphatic rings. The summed E-state index contributed by atoms with van der Waals surface area (Å²) in [6, 6.07) is 10.5. The molecule has 0 saturated heterocycles. The number of esters is 1. The van der Waals surface area contributed by atoms with E-state index in [4.69, 9.17) is 26.2 Å². The highest BCUT2D eigenvalue weighted by molar-refractivity contribution is 6.43. The number of hydrogen-bond acceptors (Lipinski definition) is 10. The van der Waals surface area contributed by atoms with Crippen LogP contribution >= 0.6 is 0 Å². The summed E-state index contributed by atoms with van der Waals surface area (Å²) < 4.78 is 10.2. The van der Waals surface area contributed by atoms with Crippen molar-refractivity contribution in [3.8, 4) is 17.9 Å². The third-order valence-corrected chi connectivity index (χ3v) is 3.58. The lowest BCUT2D eigenvalue weighted by molar-refractivity contribution is -0.134. The van der Waals surface area contributed by atoms with Crippen molar-refractivity contribution in [2.24, 2.45) is 5.10 Å². The van der Waals surface area contributed by atoms with Crippen LogP contribution in [0.5, 0.6) is 5.75 Å². The van der Waals surface area contributed by atoms with Gasteiger partial charge in [-0.2, -0.15) is 15.6 Å². The van der Waals surface area contributed by atoms with E-state index in [1.54, 1.807) is 37.3 Å². The monoisotopic (exact) mass is 379 g/mol. The number of rotatable bonds is 6. The fourth-order valence-corrected chi connectivity index (χ4v) is 2.27. The highest BCUT2D eigenvalue weighted by Crippen LogP contribution is 2.26. The van der Waals surface area contributed by atoms with E-state index in [0.717, 1.165) is 0 Å². The number of nitrogens with one attached hydrogen (secondary N) is 1. The van der Waals surface area contributed by atoms with Crippen molar-refractivity contribution in [2.75, 3.05) is 30.6 Å². The van der Waals surface area contributed by atoms with Crippen LogP contribution in [0.15, 0.2) is 29.4 Å². The number of nitriles is 2. The van der Waals surface area contributed by atoms with Crippen LogP contribution < -0.4 is 21.6 Å². The lowest BCUT2D eigenvalue weighted by Crippen LogP contribution is -2.24. The molecule has 0 aliphatic carbocycles. The second-order valence-electron chi connectivity index (χ2n) is 5.23. The number of nitrogens with zero attached hydrogens (tertiary/aromatic N) is 4. The minimum Gasteiger partial charge on any atom is -0.495 e. The van der Waals surface area contributed by atoms with E-state index in [1.165, 1.54) is 7.11 Å². The number of carbonyl (C=O) groups is 1. The number of pyridine rings is 1. The molecule has 10 heteroatoms. The summed E-state index contributed by atoms with van der Waals surface area (Å²) >= 11 is 0. The van der Waals surface area contributed by atoms with Gasteiger partial charge < -0.3 is 20.9 Å². The number of anilines is 3. The van der Waals surface area contributed by atoms with Gasteiger partial charge in [-0.25, -0.2) is 9.78 Å². The standard InChI is InChI=1S/C18H17N7O3/c1-3-28-18(26)16(25-24-12-6-4-5-7-13(12)27-2)15-10(8-19)14(21)11(9-20)17(22)23-15/h4-7,24H,3H2,1-2H3,(H4,21,22,23)/b25-16-. The molecule has 0 spiro atoms. The fraction of sp³-hybridized carbons (Fsp3) is 0.167. The van der Waals surface area contributed by atoms with Gasteiger partial charge in [0.1, 0.15) is 40.5 Å². The van der Waals surface area contributed by atoms with Crippen molar-refractivity contribution >= 4 is 28.9 Å². The van der Waals surface area contributed by atoms with Crippen molar-refractivity contribution in [2.45, 2.75) is 6.92 Å². The van der Waals surface area contributed by atoms with Crippen LogP contribution in [-0.2, 0) is 9.53 Å². The predicted octanol–water partition coefficient (Wildman–Crippen LogP) is 1.38. The molecular formula is C18H17N7O3. The summed E-state index contributed by atoms with van der Waals surface area (Å²) in [6.07, 6.45) is 0. The average molecular weight is 379 g/mol. The molecule has 5 N–H and O–H groups in total. The number of carbonyl (C=O) groups excluding carboxylic acids is 1. The molecule has 0 unspecified atom stereocenters. The fourth-order valence-electron chi connectivity index (χ4n) is 2.27. The van der Waals surface area contributed by atoms with Gasteiger partial charge >= 0.3 is 5.97 Å². The number of benzene rings is 1. The number of methoxy groups -OCH3 is 1. The van der Waals surface area contributed by atoms with Crippen LogP contribution in [0.1, 0.15) is 23.7 Å². The van der Waals surface area contributed by atoms with E-state index in [9.17, 15) is 10.1 Å². The summed E-state index contributed by atoms with van der Waals surface area (Å²) in [7, 11) is 1.48. The zero-order valence-corrected chi connectivity index (χ0v) is 15.2. The molecule has 1 heterocycles. The molecule has 0 amide bonds. The molecule has 0 aliphatic heterocycles. The van der Waals surface area contributed by atoms with E-state index in [0.29, 0.717) is 11.4 Å². The van der Waals surface area contributed by atoms with E-state index in [1.807, 2.05) is 6.07 Å². The average Bonchev–Trinajstić information content (AvgIpc) is 2.69. The molecule has 2 rings (SSSR count). The molecule has 1 aromatic carbocycles. The quantitative estimate of drug-likeness (QED) is 0.380. The van der Waals surface area contributed by atoms with Crippen LogP contribution in [0.25, 0.3) is 0 Å². The molecule has 0 radical (unpaired) electrons. The molecule has 1 aromatic heterocycles. The van der Waals surface area contributed by atoms with Gasteiger partial charge in [0.05, 0.1) is 25.1 Å². The molecule has 2 aromatic rings. The number of hydrogen-bond donors (Lipinski definition) is 3. The van der Waals surface area contributed by atoms with Gasteiger partial charge in [-0.05, 0) is 19.1 Å². The van der Waals surface area contributed by atoms with Crippen LogP contribution in [0, 0.1) is 22.7 Å². The maximum Gasteiger partial charge on any atom is 0.361 e. The third-order valence-electron chi connectivity index (χ3n) is 3.58. The number of para-hydroxylation sites is 2. The van der Waals surface area contributed by atoms with E-state index >= 15 is 0 Å². The van der Waals surface area contributed by atoms with E-state index in [-0.39, 0.29) is 40.6 Å². The number of nitrogens with two attached hydrogens (primary N) is 2. The Morgan fingerprint density at radius 1 is 1.25 bits per heavy atom. The van der Waals surface area contributed by atoms with Gasteiger partial charge in [0, 0.05) is 0 Å². The van der Waals surface area contributed by atoms with Crippen molar-refractivity contribution in [1.82, 2.24) is 4.98 Å². The molecule has 142 valence electrons. The zero-order chi connectivity index (χ0) is 20.7. The molecular weight excluding hydrogens is 362 g/mol. The summed E-state index contributed by atoms with van der Waals surface area (Å²) in [5.41, 5.74) is 13.7. The van der Waals surface area contributed by atoms with Gasteiger partial charge in [-0.3, -0.25) is 5.43 Å². The van der Waals surface area contributed by atoms with Gasteiger partial charge in [0.15, 0.2) is 5.71 Å². The first-order valence-electron chi connectivity index (χ1n) is 8.01. The molecule has 0 saturated carbocycles. The highest BCUT2D eigenvalue weighted by atomic mass is 16.5.